The van der Waals surface area contributed by atoms with Gasteiger partial charge in [-0.3, -0.25) is 0 Å². The lowest BCUT2D eigenvalue weighted by molar-refractivity contribution is 0.749. The van der Waals surface area contributed by atoms with Gasteiger partial charge in [0.1, 0.15) is 5.82 Å². The Morgan fingerprint density at radius 3 is 2.52 bits per heavy atom. The first-order chi connectivity index (χ1) is 14.2. The second-order valence-corrected chi connectivity index (χ2v) is 8.11. The highest BCUT2D eigenvalue weighted by Gasteiger charge is 2.28. The third-order valence-corrected chi connectivity index (χ3v) is 5.89. The predicted octanol–water partition coefficient (Wildman–Crippen LogP) is 5.21. The molecule has 1 N–H and O–H groups in total. The van der Waals surface area contributed by atoms with E-state index in [9.17, 15) is 0 Å². The summed E-state index contributed by atoms with van der Waals surface area (Å²) < 4.78 is 0. The number of hydrogen-bond donors (Lipinski definition) is 1. The Balaban J connectivity index is 1.40. The maximum atomic E-state index is 4.85. The molecule has 5 heteroatoms. The SMILES string of the molecule is Cc1cc(N2c3ccccc3CC2C)nc(Nc2ccc(N3CCCC3)cc2)n1. The van der Waals surface area contributed by atoms with E-state index in [1.807, 2.05) is 6.92 Å². The quantitative estimate of drug-likeness (QED) is 0.668. The summed E-state index contributed by atoms with van der Waals surface area (Å²) in [5, 5.41) is 3.40. The van der Waals surface area contributed by atoms with Crippen molar-refractivity contribution >= 4 is 28.8 Å². The number of hydrogen-bond acceptors (Lipinski definition) is 5. The molecule has 3 heterocycles. The van der Waals surface area contributed by atoms with E-state index in [4.69, 9.17) is 4.98 Å². The Morgan fingerprint density at radius 1 is 0.966 bits per heavy atom. The number of para-hydroxylation sites is 1. The Morgan fingerprint density at radius 2 is 1.72 bits per heavy atom. The Hall–Kier alpha value is -3.08. The van der Waals surface area contributed by atoms with Gasteiger partial charge in [0.25, 0.3) is 0 Å². The molecule has 5 rings (SSSR count). The molecule has 1 atom stereocenters. The molecule has 0 spiro atoms. The molecule has 0 aliphatic carbocycles. The number of aromatic nitrogens is 2. The second-order valence-electron chi connectivity index (χ2n) is 8.11. The Bertz CT molecular complexity index is 1010. The zero-order valence-corrected chi connectivity index (χ0v) is 17.1. The highest BCUT2D eigenvalue weighted by molar-refractivity contribution is 5.70. The highest BCUT2D eigenvalue weighted by Crippen LogP contribution is 2.37. The molecule has 148 valence electrons. The molecule has 2 aliphatic rings. The van der Waals surface area contributed by atoms with Crippen LogP contribution in [0.2, 0.25) is 0 Å². The smallest absolute Gasteiger partial charge is 0.229 e. The molecule has 2 aromatic carbocycles. The van der Waals surface area contributed by atoms with Gasteiger partial charge in [-0.15, -0.1) is 0 Å². The summed E-state index contributed by atoms with van der Waals surface area (Å²) in [5.41, 5.74) is 5.89. The van der Waals surface area contributed by atoms with Crippen molar-refractivity contribution in [3.8, 4) is 0 Å². The van der Waals surface area contributed by atoms with Gasteiger partial charge in [-0.05, 0) is 69.0 Å². The number of fused-ring (bicyclic) bond motifs is 1. The number of nitrogens with zero attached hydrogens (tertiary/aromatic N) is 4. The van der Waals surface area contributed by atoms with E-state index in [0.29, 0.717) is 12.0 Å². The summed E-state index contributed by atoms with van der Waals surface area (Å²) in [7, 11) is 0. The summed E-state index contributed by atoms with van der Waals surface area (Å²) in [5.74, 6) is 1.59. The van der Waals surface area contributed by atoms with Crippen molar-refractivity contribution in [3.63, 3.8) is 0 Å². The van der Waals surface area contributed by atoms with Crippen LogP contribution in [-0.2, 0) is 6.42 Å². The van der Waals surface area contributed by atoms with E-state index in [1.54, 1.807) is 0 Å². The van der Waals surface area contributed by atoms with Gasteiger partial charge >= 0.3 is 0 Å². The molecule has 0 amide bonds. The van der Waals surface area contributed by atoms with Crippen LogP contribution in [0.4, 0.5) is 28.8 Å². The molecule has 1 fully saturated rings. The van der Waals surface area contributed by atoms with Crippen LogP contribution in [0.25, 0.3) is 0 Å². The number of rotatable bonds is 4. The van der Waals surface area contributed by atoms with Crippen molar-refractivity contribution in [2.24, 2.45) is 0 Å². The van der Waals surface area contributed by atoms with Crippen molar-refractivity contribution < 1.29 is 0 Å². The average molecular weight is 386 g/mol. The molecule has 1 aromatic heterocycles. The third-order valence-electron chi connectivity index (χ3n) is 5.89. The topological polar surface area (TPSA) is 44.3 Å². The van der Waals surface area contributed by atoms with E-state index in [1.165, 1.54) is 29.8 Å². The molecule has 1 saturated heterocycles. The average Bonchev–Trinajstić information content (AvgIpc) is 3.35. The van der Waals surface area contributed by atoms with Gasteiger partial charge in [0.05, 0.1) is 0 Å². The van der Waals surface area contributed by atoms with Gasteiger partial charge in [0.2, 0.25) is 5.95 Å². The van der Waals surface area contributed by atoms with Crippen molar-refractivity contribution in [3.05, 3.63) is 65.9 Å². The zero-order chi connectivity index (χ0) is 19.8. The van der Waals surface area contributed by atoms with Gasteiger partial charge in [0.15, 0.2) is 0 Å². The molecular formula is C24H27N5. The lowest BCUT2D eigenvalue weighted by atomic mass is 10.1. The number of anilines is 5. The zero-order valence-electron chi connectivity index (χ0n) is 17.1. The van der Waals surface area contributed by atoms with E-state index in [0.717, 1.165) is 36.7 Å². The predicted molar refractivity (Wildman–Crippen MR) is 120 cm³/mol. The molecule has 0 bridgehead atoms. The Labute approximate surface area is 172 Å². The summed E-state index contributed by atoms with van der Waals surface area (Å²) in [4.78, 5) is 14.2. The molecule has 3 aromatic rings. The van der Waals surface area contributed by atoms with Crippen LogP contribution in [0, 0.1) is 6.92 Å². The molecule has 5 nitrogen and oxygen atoms in total. The van der Waals surface area contributed by atoms with Crippen molar-refractivity contribution in [2.45, 2.75) is 39.2 Å². The molecule has 0 radical (unpaired) electrons. The lowest BCUT2D eigenvalue weighted by Crippen LogP contribution is -2.25. The van der Waals surface area contributed by atoms with Crippen LogP contribution < -0.4 is 15.1 Å². The summed E-state index contributed by atoms with van der Waals surface area (Å²) >= 11 is 0. The van der Waals surface area contributed by atoms with Crippen molar-refractivity contribution in [1.82, 2.24) is 9.97 Å². The maximum Gasteiger partial charge on any atom is 0.229 e. The first-order valence-corrected chi connectivity index (χ1v) is 10.5. The minimum Gasteiger partial charge on any atom is -0.372 e. The van der Waals surface area contributed by atoms with Gasteiger partial charge in [0, 0.05) is 48.0 Å². The standard InChI is InChI=1S/C24H27N5/c1-17-15-23(29-18(2)16-19-7-3-4-8-22(19)29)27-24(25-17)26-20-9-11-21(12-10-20)28-13-5-6-14-28/h3-4,7-12,15,18H,5-6,13-14,16H2,1-2H3,(H,25,26,27). The fourth-order valence-corrected chi connectivity index (χ4v) is 4.51. The minimum atomic E-state index is 0.384. The molecule has 0 saturated carbocycles. The van der Waals surface area contributed by atoms with Gasteiger partial charge in [-0.1, -0.05) is 18.2 Å². The van der Waals surface area contributed by atoms with E-state index in [2.05, 4.69) is 81.6 Å². The second kappa shape index (κ2) is 7.39. The summed E-state index contributed by atoms with van der Waals surface area (Å²) in [6, 6.07) is 19.7. The minimum absolute atomic E-state index is 0.384. The molecule has 1 unspecified atom stereocenters. The first-order valence-electron chi connectivity index (χ1n) is 10.5. The van der Waals surface area contributed by atoms with Crippen molar-refractivity contribution in [2.75, 3.05) is 28.2 Å². The van der Waals surface area contributed by atoms with E-state index < -0.39 is 0 Å². The van der Waals surface area contributed by atoms with Crippen LogP contribution >= 0.6 is 0 Å². The first kappa shape index (κ1) is 18.0. The Kier molecular flexibility index (Phi) is 4.58. The highest BCUT2D eigenvalue weighted by atomic mass is 15.3. The van der Waals surface area contributed by atoms with Gasteiger partial charge in [-0.2, -0.15) is 4.98 Å². The fraction of sp³-hybridized carbons (Fsp3) is 0.333. The molecule has 29 heavy (non-hydrogen) atoms. The van der Waals surface area contributed by atoms with Gasteiger partial charge < -0.3 is 15.1 Å². The number of aryl methyl sites for hydroxylation is 1. The van der Waals surface area contributed by atoms with Crippen LogP contribution in [0.3, 0.4) is 0 Å². The van der Waals surface area contributed by atoms with Crippen LogP contribution in [0.5, 0.6) is 0 Å². The largest absolute Gasteiger partial charge is 0.372 e. The fourth-order valence-electron chi connectivity index (χ4n) is 4.51. The third kappa shape index (κ3) is 3.53. The van der Waals surface area contributed by atoms with Gasteiger partial charge in [-0.25, -0.2) is 4.98 Å². The lowest BCUT2D eigenvalue weighted by Gasteiger charge is -2.24. The number of benzene rings is 2. The molecule has 2 aliphatic heterocycles. The number of nitrogens with one attached hydrogen (secondary N) is 1. The van der Waals surface area contributed by atoms with Crippen LogP contribution in [0.1, 0.15) is 31.0 Å². The summed E-state index contributed by atoms with van der Waals surface area (Å²) in [6.45, 7) is 6.60. The monoisotopic (exact) mass is 385 g/mol. The normalized spacial score (nSPS) is 18.2. The van der Waals surface area contributed by atoms with E-state index >= 15 is 0 Å². The van der Waals surface area contributed by atoms with Crippen LogP contribution in [-0.4, -0.2) is 29.1 Å². The summed E-state index contributed by atoms with van der Waals surface area (Å²) in [6.07, 6.45) is 3.62. The van der Waals surface area contributed by atoms with Crippen molar-refractivity contribution in [1.29, 1.82) is 0 Å². The van der Waals surface area contributed by atoms with E-state index in [-0.39, 0.29) is 0 Å². The maximum absolute atomic E-state index is 4.85. The molecular weight excluding hydrogens is 358 g/mol. The van der Waals surface area contributed by atoms with Crippen LogP contribution in [0.15, 0.2) is 54.6 Å².